The number of carbonyl (C=O) groups excluding carboxylic acids is 1. The number of nitrogens with one attached hydrogen (secondary N) is 1. The molecule has 0 fully saturated rings. The lowest BCUT2D eigenvalue weighted by Crippen LogP contribution is -2.30. The van der Waals surface area contributed by atoms with Gasteiger partial charge in [-0.25, -0.2) is 21.6 Å². The number of hydrogen-bond acceptors (Lipinski definition) is 5. The Balaban J connectivity index is 2.17. The summed E-state index contributed by atoms with van der Waals surface area (Å²) in [6, 6.07) is 7.38. The van der Waals surface area contributed by atoms with Gasteiger partial charge in [-0.2, -0.15) is 13.2 Å². The Morgan fingerprint density at radius 1 is 0.897 bits per heavy atom. The van der Waals surface area contributed by atoms with E-state index >= 15 is 0 Å². The van der Waals surface area contributed by atoms with Crippen molar-refractivity contribution in [2.75, 3.05) is 5.75 Å². The Kier molecular flexibility index (Phi) is 6.74. The van der Waals surface area contributed by atoms with Crippen LogP contribution in [0.25, 0.3) is 0 Å². The summed E-state index contributed by atoms with van der Waals surface area (Å²) in [7, 11) is -7.88. The first kappa shape index (κ1) is 22.9. The van der Waals surface area contributed by atoms with Crippen LogP contribution in [0.4, 0.5) is 13.2 Å². The van der Waals surface area contributed by atoms with Gasteiger partial charge in [0.2, 0.25) is 0 Å². The molecule has 2 aromatic rings. The Morgan fingerprint density at radius 2 is 1.41 bits per heavy atom. The highest BCUT2D eigenvalue weighted by molar-refractivity contribution is 7.91. The minimum atomic E-state index is -4.58. The maximum Gasteiger partial charge on any atom is 0.416 e. The molecule has 0 unspecified atom stereocenters. The molecule has 0 atom stereocenters. The highest BCUT2D eigenvalue weighted by Crippen LogP contribution is 2.29. The van der Waals surface area contributed by atoms with E-state index in [4.69, 9.17) is 0 Å². The maximum atomic E-state index is 12.6. The van der Waals surface area contributed by atoms with Crippen molar-refractivity contribution in [1.29, 1.82) is 0 Å². The summed E-state index contributed by atoms with van der Waals surface area (Å²) in [4.78, 5) is 11.7. The topological polar surface area (TPSA) is 97.4 Å². The lowest BCUT2D eigenvalue weighted by Gasteiger charge is -2.10. The van der Waals surface area contributed by atoms with Gasteiger partial charge in [0, 0.05) is 5.56 Å². The molecule has 2 aromatic carbocycles. The average molecular weight is 449 g/mol. The zero-order valence-electron chi connectivity index (χ0n) is 15.2. The molecule has 6 nitrogen and oxygen atoms in total. The number of sulfone groups is 1. The largest absolute Gasteiger partial charge is 0.416 e. The van der Waals surface area contributed by atoms with Crippen LogP contribution >= 0.6 is 0 Å². The Hall–Kier alpha value is -2.40. The van der Waals surface area contributed by atoms with Crippen molar-refractivity contribution in [3.63, 3.8) is 0 Å². The van der Waals surface area contributed by atoms with Gasteiger partial charge in [-0.1, -0.05) is 13.3 Å². The van der Waals surface area contributed by atoms with E-state index in [1.807, 2.05) is 6.92 Å². The molecule has 0 aliphatic rings. The van der Waals surface area contributed by atoms with Crippen LogP contribution < -0.4 is 4.72 Å². The van der Waals surface area contributed by atoms with Crippen molar-refractivity contribution in [2.45, 2.75) is 35.7 Å². The molecule has 0 radical (unpaired) electrons. The second kappa shape index (κ2) is 8.54. The van der Waals surface area contributed by atoms with E-state index in [1.54, 1.807) is 4.72 Å². The van der Waals surface area contributed by atoms with Crippen LogP contribution in [0.2, 0.25) is 0 Å². The lowest BCUT2D eigenvalue weighted by atomic mass is 10.1. The Morgan fingerprint density at radius 3 is 1.90 bits per heavy atom. The number of alkyl halides is 3. The van der Waals surface area contributed by atoms with Crippen molar-refractivity contribution in [2.24, 2.45) is 0 Å². The molecular weight excluding hydrogens is 431 g/mol. The third kappa shape index (κ3) is 5.80. The molecule has 1 amide bonds. The quantitative estimate of drug-likeness (QED) is 0.699. The first-order valence-electron chi connectivity index (χ1n) is 8.44. The van der Waals surface area contributed by atoms with Crippen molar-refractivity contribution >= 4 is 25.8 Å². The molecule has 2 rings (SSSR count). The first-order valence-corrected chi connectivity index (χ1v) is 11.6. The normalized spacial score (nSPS) is 12.6. The summed E-state index contributed by atoms with van der Waals surface area (Å²) in [5, 5.41) is 0. The fourth-order valence-corrected chi connectivity index (χ4v) is 4.76. The number of unbranched alkanes of at least 4 members (excludes halogenated alkanes) is 1. The van der Waals surface area contributed by atoms with E-state index < -0.39 is 37.5 Å². The number of hydrogen-bond donors (Lipinski definition) is 1. The first-order chi connectivity index (χ1) is 13.4. The molecule has 0 spiro atoms. The number of rotatable bonds is 7. The van der Waals surface area contributed by atoms with E-state index in [1.165, 1.54) is 0 Å². The number of amides is 1. The number of carbonyl (C=O) groups is 1. The molecule has 0 aromatic heterocycles. The third-order valence-corrected chi connectivity index (χ3v) is 7.12. The summed E-state index contributed by atoms with van der Waals surface area (Å²) < 4.78 is 88.3. The van der Waals surface area contributed by atoms with Crippen LogP contribution in [0.1, 0.15) is 35.7 Å². The van der Waals surface area contributed by atoms with Crippen molar-refractivity contribution in [3.8, 4) is 0 Å². The van der Waals surface area contributed by atoms with Crippen LogP contribution in [-0.4, -0.2) is 28.5 Å². The van der Waals surface area contributed by atoms with Gasteiger partial charge in [0.05, 0.1) is 21.1 Å². The monoisotopic (exact) mass is 449 g/mol. The van der Waals surface area contributed by atoms with Crippen molar-refractivity contribution < 1.29 is 34.8 Å². The molecule has 0 heterocycles. The van der Waals surface area contributed by atoms with Crippen LogP contribution in [-0.2, 0) is 26.0 Å². The molecule has 0 saturated carbocycles. The van der Waals surface area contributed by atoms with Crippen LogP contribution in [0, 0.1) is 0 Å². The second-order valence-electron chi connectivity index (χ2n) is 6.15. The van der Waals surface area contributed by atoms with Gasteiger partial charge in [-0.15, -0.1) is 0 Å². The van der Waals surface area contributed by atoms with Gasteiger partial charge in [0.1, 0.15) is 0 Å². The lowest BCUT2D eigenvalue weighted by molar-refractivity contribution is -0.137. The fourth-order valence-electron chi connectivity index (χ4n) is 2.33. The van der Waals surface area contributed by atoms with E-state index in [-0.39, 0.29) is 21.1 Å². The van der Waals surface area contributed by atoms with E-state index in [2.05, 4.69) is 0 Å². The minimum absolute atomic E-state index is 0.0426. The van der Waals surface area contributed by atoms with Gasteiger partial charge in [0.25, 0.3) is 15.9 Å². The Labute approximate surface area is 166 Å². The third-order valence-electron chi connectivity index (χ3n) is 3.96. The molecule has 1 N–H and O–H groups in total. The summed E-state index contributed by atoms with van der Waals surface area (Å²) in [5.74, 6) is -1.18. The van der Waals surface area contributed by atoms with E-state index in [0.29, 0.717) is 25.0 Å². The molecular formula is C18H18F3NO5S2. The standard InChI is InChI=1S/C18H18F3NO5S2/c1-2-3-12-28(24,25)15-8-10-16(11-9-15)29(26,27)22-17(23)13-4-6-14(7-5-13)18(19,20)21/h4-11H,2-3,12H2,1H3,(H,22,23). The molecule has 11 heteroatoms. The molecule has 0 aliphatic carbocycles. The van der Waals surface area contributed by atoms with Crippen LogP contribution in [0.15, 0.2) is 58.3 Å². The summed E-state index contributed by atoms with van der Waals surface area (Å²) >= 11 is 0. The summed E-state index contributed by atoms with van der Waals surface area (Å²) in [6.45, 7) is 1.84. The second-order valence-corrected chi connectivity index (χ2v) is 9.95. The number of halogens is 3. The van der Waals surface area contributed by atoms with Gasteiger partial charge >= 0.3 is 6.18 Å². The molecule has 0 bridgehead atoms. The molecule has 0 saturated heterocycles. The Bertz CT molecular complexity index is 1080. The zero-order valence-corrected chi connectivity index (χ0v) is 16.9. The highest BCUT2D eigenvalue weighted by atomic mass is 32.2. The van der Waals surface area contributed by atoms with Crippen molar-refractivity contribution in [3.05, 3.63) is 59.7 Å². The predicted molar refractivity (Wildman–Crippen MR) is 99.5 cm³/mol. The number of benzene rings is 2. The predicted octanol–water partition coefficient (Wildman–Crippen LogP) is 3.40. The smallest absolute Gasteiger partial charge is 0.268 e. The zero-order chi connectivity index (χ0) is 21.9. The fraction of sp³-hybridized carbons (Fsp3) is 0.278. The summed E-state index contributed by atoms with van der Waals surface area (Å²) in [6.07, 6.45) is -3.44. The SMILES string of the molecule is CCCCS(=O)(=O)c1ccc(S(=O)(=O)NC(=O)c2ccc(C(F)(F)F)cc2)cc1. The van der Waals surface area contributed by atoms with Crippen LogP contribution in [0.5, 0.6) is 0 Å². The highest BCUT2D eigenvalue weighted by Gasteiger charge is 2.30. The average Bonchev–Trinajstić information content (AvgIpc) is 2.65. The van der Waals surface area contributed by atoms with Crippen molar-refractivity contribution in [1.82, 2.24) is 4.72 Å². The van der Waals surface area contributed by atoms with E-state index in [9.17, 15) is 34.8 Å². The van der Waals surface area contributed by atoms with Gasteiger partial charge < -0.3 is 0 Å². The van der Waals surface area contributed by atoms with Gasteiger partial charge in [-0.05, 0) is 55.0 Å². The number of sulfonamides is 1. The van der Waals surface area contributed by atoms with Crippen LogP contribution in [0.3, 0.4) is 0 Å². The van der Waals surface area contributed by atoms with Gasteiger partial charge in [-0.3, -0.25) is 4.79 Å². The molecule has 29 heavy (non-hydrogen) atoms. The molecule has 0 aliphatic heterocycles. The minimum Gasteiger partial charge on any atom is -0.268 e. The van der Waals surface area contributed by atoms with Gasteiger partial charge in [0.15, 0.2) is 9.84 Å². The maximum absolute atomic E-state index is 12.6. The summed E-state index contributed by atoms with van der Waals surface area (Å²) in [5.41, 5.74) is -1.25. The molecule has 158 valence electrons. The van der Waals surface area contributed by atoms with E-state index in [0.717, 1.165) is 36.4 Å².